The van der Waals surface area contributed by atoms with E-state index in [0.717, 1.165) is 22.6 Å². The molecule has 3 aromatic rings. The molecule has 0 atom stereocenters. The van der Waals surface area contributed by atoms with Crippen LogP contribution in [0.4, 0.5) is 10.1 Å². The van der Waals surface area contributed by atoms with Crippen LogP contribution in [-0.2, 0) is 22.7 Å². The zero-order chi connectivity index (χ0) is 22.1. The maximum absolute atomic E-state index is 12.9. The molecule has 0 unspecified atom stereocenters. The molecule has 2 amide bonds. The van der Waals surface area contributed by atoms with Gasteiger partial charge in [-0.15, -0.1) is 10.2 Å². The van der Waals surface area contributed by atoms with Gasteiger partial charge in [0.1, 0.15) is 29.8 Å². The van der Waals surface area contributed by atoms with Crippen LogP contribution < -0.4 is 15.4 Å². The van der Waals surface area contributed by atoms with Crippen molar-refractivity contribution in [3.05, 3.63) is 69.9 Å². The van der Waals surface area contributed by atoms with Crippen molar-refractivity contribution in [2.24, 2.45) is 0 Å². The van der Waals surface area contributed by atoms with Crippen molar-refractivity contribution in [1.29, 1.82) is 0 Å². The molecule has 0 aliphatic heterocycles. The molecule has 10 heteroatoms. The Labute approximate surface area is 182 Å². The fourth-order valence-electron chi connectivity index (χ4n) is 2.47. The molecule has 0 saturated heterocycles. The van der Waals surface area contributed by atoms with E-state index >= 15 is 0 Å². The highest BCUT2D eigenvalue weighted by Gasteiger charge is 2.14. The van der Waals surface area contributed by atoms with E-state index in [1.54, 1.807) is 0 Å². The first-order valence-electron chi connectivity index (χ1n) is 9.49. The van der Waals surface area contributed by atoms with Crippen molar-refractivity contribution < 1.29 is 23.5 Å². The van der Waals surface area contributed by atoms with Gasteiger partial charge in [0, 0.05) is 12.2 Å². The third kappa shape index (κ3) is 7.12. The minimum absolute atomic E-state index is 0.0535. The Balaban J connectivity index is 1.38. The van der Waals surface area contributed by atoms with Gasteiger partial charge in [-0.1, -0.05) is 23.5 Å². The van der Waals surface area contributed by atoms with Gasteiger partial charge in [0.25, 0.3) is 5.91 Å². The number of aromatic nitrogens is 2. The number of rotatable bonds is 10. The molecule has 2 aromatic carbocycles. The molecular formula is C21H21FN4O4S. The number of carbonyl (C=O) groups excluding carboxylic acids is 2. The van der Waals surface area contributed by atoms with Crippen LogP contribution in [0.15, 0.2) is 48.5 Å². The van der Waals surface area contributed by atoms with E-state index < -0.39 is 11.7 Å². The van der Waals surface area contributed by atoms with Crippen molar-refractivity contribution >= 4 is 28.8 Å². The van der Waals surface area contributed by atoms with Crippen molar-refractivity contribution in [3.8, 4) is 5.75 Å². The zero-order valence-electron chi connectivity index (χ0n) is 16.8. The van der Waals surface area contributed by atoms with E-state index in [2.05, 4.69) is 20.8 Å². The summed E-state index contributed by atoms with van der Waals surface area (Å²) in [5, 5.41) is 13.7. The fraction of sp³-hybridized carbons (Fsp3) is 0.238. The minimum atomic E-state index is -0.455. The number of carbonyl (C=O) groups is 2. The van der Waals surface area contributed by atoms with Gasteiger partial charge in [-0.3, -0.25) is 9.59 Å². The topological polar surface area (TPSA) is 102 Å². The Hall–Kier alpha value is -3.37. The number of benzene rings is 2. The molecule has 8 nitrogen and oxygen atoms in total. The van der Waals surface area contributed by atoms with Gasteiger partial charge in [-0.25, -0.2) is 4.39 Å². The van der Waals surface area contributed by atoms with Crippen molar-refractivity contribution in [2.75, 3.05) is 18.5 Å². The van der Waals surface area contributed by atoms with Crippen LogP contribution in [0.2, 0.25) is 0 Å². The summed E-state index contributed by atoms with van der Waals surface area (Å²) in [5.41, 5.74) is 1.39. The zero-order valence-corrected chi connectivity index (χ0v) is 17.6. The second-order valence-corrected chi connectivity index (χ2v) is 7.37. The lowest BCUT2D eigenvalue weighted by atomic mass is 10.2. The van der Waals surface area contributed by atoms with E-state index in [1.807, 2.05) is 31.2 Å². The summed E-state index contributed by atoms with van der Waals surface area (Å²) < 4.78 is 23.6. The number of anilines is 1. The van der Waals surface area contributed by atoms with E-state index in [1.165, 1.54) is 24.3 Å². The molecule has 3 rings (SSSR count). The molecule has 0 saturated carbocycles. The van der Waals surface area contributed by atoms with Crippen LogP contribution in [0.1, 0.15) is 27.3 Å². The Morgan fingerprint density at radius 3 is 2.52 bits per heavy atom. The first-order valence-corrected chi connectivity index (χ1v) is 10.3. The van der Waals surface area contributed by atoms with Crippen LogP contribution in [0, 0.1) is 5.82 Å². The first-order chi connectivity index (χ1) is 15.0. The molecule has 0 fully saturated rings. The largest absolute Gasteiger partial charge is 0.494 e. The first kappa shape index (κ1) is 22.3. The molecule has 0 aliphatic rings. The van der Waals surface area contributed by atoms with Gasteiger partial charge in [0.15, 0.2) is 0 Å². The van der Waals surface area contributed by atoms with Gasteiger partial charge in [0.05, 0.1) is 6.61 Å². The quantitative estimate of drug-likeness (QED) is 0.498. The fourth-order valence-corrected chi connectivity index (χ4v) is 3.15. The Bertz CT molecular complexity index is 1010. The molecule has 0 aliphatic carbocycles. The minimum Gasteiger partial charge on any atom is -0.494 e. The standard InChI is InChI=1S/C21H21FN4O4S/c1-2-30-17-9-3-14(4-10-17)11-23-18(27)12-29-13-19-25-26-21(31-19)20(28)24-16-7-5-15(22)6-8-16/h3-10H,2,11-13H2,1H3,(H,23,27)(H,24,28). The average Bonchev–Trinajstić information content (AvgIpc) is 3.24. The highest BCUT2D eigenvalue weighted by atomic mass is 32.1. The third-order valence-electron chi connectivity index (χ3n) is 3.95. The third-order valence-corrected chi connectivity index (χ3v) is 4.84. The highest BCUT2D eigenvalue weighted by Crippen LogP contribution is 2.15. The number of amides is 2. The summed E-state index contributed by atoms with van der Waals surface area (Å²) in [6.45, 7) is 2.80. The smallest absolute Gasteiger partial charge is 0.286 e. The number of hydrogen-bond donors (Lipinski definition) is 2. The summed E-state index contributed by atoms with van der Waals surface area (Å²) in [5.74, 6) is -0.336. The van der Waals surface area contributed by atoms with E-state index in [9.17, 15) is 14.0 Å². The second kappa shape index (κ2) is 11.1. The van der Waals surface area contributed by atoms with Crippen molar-refractivity contribution in [3.63, 3.8) is 0 Å². The molecule has 162 valence electrons. The van der Waals surface area contributed by atoms with Crippen LogP contribution in [-0.4, -0.2) is 35.2 Å². The molecule has 0 spiro atoms. The SMILES string of the molecule is CCOc1ccc(CNC(=O)COCc2nnc(C(=O)Nc3ccc(F)cc3)s2)cc1. The lowest BCUT2D eigenvalue weighted by Gasteiger charge is -2.07. The van der Waals surface area contributed by atoms with E-state index in [-0.39, 0.29) is 24.1 Å². The molecule has 0 radical (unpaired) electrons. The van der Waals surface area contributed by atoms with E-state index in [0.29, 0.717) is 23.8 Å². The number of nitrogens with zero attached hydrogens (tertiary/aromatic N) is 2. The summed E-state index contributed by atoms with van der Waals surface area (Å²) in [6.07, 6.45) is 0. The predicted molar refractivity (Wildman–Crippen MR) is 113 cm³/mol. The summed E-state index contributed by atoms with van der Waals surface area (Å²) >= 11 is 1.05. The number of hydrogen-bond acceptors (Lipinski definition) is 7. The van der Waals surface area contributed by atoms with Crippen molar-refractivity contribution in [1.82, 2.24) is 15.5 Å². The van der Waals surface area contributed by atoms with Gasteiger partial charge in [-0.05, 0) is 48.9 Å². The number of ether oxygens (including phenoxy) is 2. The Morgan fingerprint density at radius 1 is 1.06 bits per heavy atom. The molecule has 31 heavy (non-hydrogen) atoms. The predicted octanol–water partition coefficient (Wildman–Crippen LogP) is 3.16. The molecular weight excluding hydrogens is 423 g/mol. The lowest BCUT2D eigenvalue weighted by Crippen LogP contribution is -2.27. The maximum atomic E-state index is 12.9. The average molecular weight is 444 g/mol. The summed E-state index contributed by atoms with van der Waals surface area (Å²) in [7, 11) is 0. The van der Waals surface area contributed by atoms with Gasteiger partial charge >= 0.3 is 0 Å². The van der Waals surface area contributed by atoms with Gasteiger partial charge < -0.3 is 20.1 Å². The lowest BCUT2D eigenvalue weighted by molar-refractivity contribution is -0.126. The molecule has 0 bridgehead atoms. The highest BCUT2D eigenvalue weighted by molar-refractivity contribution is 7.13. The normalized spacial score (nSPS) is 10.5. The Kier molecular flexibility index (Phi) is 8.02. The summed E-state index contributed by atoms with van der Waals surface area (Å²) in [6, 6.07) is 12.8. The molecule has 1 heterocycles. The van der Waals surface area contributed by atoms with Crippen LogP contribution in [0.5, 0.6) is 5.75 Å². The maximum Gasteiger partial charge on any atom is 0.286 e. The van der Waals surface area contributed by atoms with Crippen LogP contribution in [0.25, 0.3) is 0 Å². The van der Waals surface area contributed by atoms with E-state index in [4.69, 9.17) is 9.47 Å². The summed E-state index contributed by atoms with van der Waals surface area (Å²) in [4.78, 5) is 24.1. The van der Waals surface area contributed by atoms with Crippen LogP contribution >= 0.6 is 11.3 Å². The monoisotopic (exact) mass is 444 g/mol. The molecule has 1 aromatic heterocycles. The molecule has 2 N–H and O–H groups in total. The van der Waals surface area contributed by atoms with Gasteiger partial charge in [0.2, 0.25) is 10.9 Å². The van der Waals surface area contributed by atoms with Gasteiger partial charge in [-0.2, -0.15) is 0 Å². The number of nitrogens with one attached hydrogen (secondary N) is 2. The van der Waals surface area contributed by atoms with Crippen molar-refractivity contribution in [2.45, 2.75) is 20.1 Å². The van der Waals surface area contributed by atoms with Crippen LogP contribution in [0.3, 0.4) is 0 Å². The second-order valence-electron chi connectivity index (χ2n) is 6.31. The Morgan fingerprint density at radius 2 is 1.81 bits per heavy atom. The number of halogens is 1.